The number of aromatic nitrogens is 2. The summed E-state index contributed by atoms with van der Waals surface area (Å²) in [6.07, 6.45) is -4.96. The monoisotopic (exact) mass is 523 g/mol. The molecule has 4 aromatic rings. The summed E-state index contributed by atoms with van der Waals surface area (Å²) in [7, 11) is 0. The van der Waals surface area contributed by atoms with Gasteiger partial charge in [0.25, 0.3) is 5.89 Å². The maximum atomic E-state index is 13.5. The highest BCUT2D eigenvalue weighted by Crippen LogP contribution is 2.39. The molecule has 1 aromatic heterocycles. The van der Waals surface area contributed by atoms with Crippen molar-refractivity contribution in [1.82, 2.24) is 15.5 Å². The lowest BCUT2D eigenvalue weighted by atomic mass is 9.94. The van der Waals surface area contributed by atoms with Gasteiger partial charge in [-0.25, -0.2) is 4.79 Å². The van der Waals surface area contributed by atoms with Crippen LogP contribution < -0.4 is 5.32 Å². The Morgan fingerprint density at radius 3 is 2.24 bits per heavy atom. The number of carbonyl (C=O) groups is 1. The van der Waals surface area contributed by atoms with E-state index in [0.29, 0.717) is 28.1 Å². The molecule has 0 saturated heterocycles. The van der Waals surface area contributed by atoms with Crippen LogP contribution in [0.4, 0.5) is 18.0 Å². The maximum Gasteiger partial charge on any atom is 0.417 e. The van der Waals surface area contributed by atoms with Crippen LogP contribution in [0.5, 0.6) is 0 Å². The molecule has 0 aliphatic heterocycles. The number of hydrogen-bond acceptors (Lipinski definition) is 5. The number of nitrogens with one attached hydrogen (secondary N) is 1. The second-order valence-corrected chi connectivity index (χ2v) is 9.99. The number of rotatable bonds is 5. The third-order valence-corrected chi connectivity index (χ3v) is 5.82. The van der Waals surface area contributed by atoms with Gasteiger partial charge in [-0.15, -0.1) is 0 Å². The molecule has 0 aliphatic rings. The summed E-state index contributed by atoms with van der Waals surface area (Å²) in [6, 6.07) is 17.6. The minimum absolute atomic E-state index is 0.116. The molecule has 0 unspecified atom stereocenters. The van der Waals surface area contributed by atoms with Gasteiger partial charge in [0.15, 0.2) is 0 Å². The molecule has 0 spiro atoms. The molecular formula is C29H28F3N3O3. The van der Waals surface area contributed by atoms with Crippen LogP contribution in [0, 0.1) is 6.92 Å². The number of halogens is 3. The fourth-order valence-corrected chi connectivity index (χ4v) is 4.01. The van der Waals surface area contributed by atoms with E-state index < -0.39 is 23.4 Å². The zero-order chi connectivity index (χ0) is 27.7. The molecule has 6 nitrogen and oxygen atoms in total. The van der Waals surface area contributed by atoms with Crippen molar-refractivity contribution in [3.05, 3.63) is 83.4 Å². The third kappa shape index (κ3) is 6.22. The first kappa shape index (κ1) is 26.9. The number of amides is 1. The van der Waals surface area contributed by atoms with Crippen LogP contribution in [-0.4, -0.2) is 21.8 Å². The van der Waals surface area contributed by atoms with Crippen LogP contribution in [-0.2, 0) is 10.9 Å². The van der Waals surface area contributed by atoms with Crippen molar-refractivity contribution in [1.29, 1.82) is 0 Å². The lowest BCUT2D eigenvalue weighted by molar-refractivity contribution is -0.137. The largest absolute Gasteiger partial charge is 0.444 e. The summed E-state index contributed by atoms with van der Waals surface area (Å²) < 4.78 is 51.2. The Bertz CT molecular complexity index is 1440. The van der Waals surface area contributed by atoms with E-state index in [-0.39, 0.29) is 17.5 Å². The molecule has 1 N–H and O–H groups in total. The number of ether oxygens (including phenoxy) is 1. The molecule has 0 fully saturated rings. The van der Waals surface area contributed by atoms with E-state index in [4.69, 9.17) is 9.26 Å². The lowest BCUT2D eigenvalue weighted by Crippen LogP contribution is -2.34. The highest BCUT2D eigenvalue weighted by atomic mass is 19.4. The number of alkyl halides is 3. The summed E-state index contributed by atoms with van der Waals surface area (Å²) in [5.41, 5.74) is 2.15. The Balaban J connectivity index is 1.51. The fourth-order valence-electron chi connectivity index (χ4n) is 4.01. The van der Waals surface area contributed by atoms with Crippen LogP contribution in [0.2, 0.25) is 0 Å². The molecule has 0 saturated carbocycles. The van der Waals surface area contributed by atoms with Crippen LogP contribution in [0.1, 0.15) is 50.4 Å². The number of benzene rings is 3. The number of aryl methyl sites for hydroxylation is 1. The van der Waals surface area contributed by atoms with E-state index in [2.05, 4.69) is 15.5 Å². The van der Waals surface area contributed by atoms with E-state index in [0.717, 1.165) is 11.6 Å². The predicted molar refractivity (Wildman–Crippen MR) is 138 cm³/mol. The molecule has 198 valence electrons. The van der Waals surface area contributed by atoms with Gasteiger partial charge in [-0.2, -0.15) is 18.2 Å². The first-order chi connectivity index (χ1) is 17.8. The zero-order valence-corrected chi connectivity index (χ0v) is 21.7. The van der Waals surface area contributed by atoms with Crippen molar-refractivity contribution in [3.63, 3.8) is 0 Å². The van der Waals surface area contributed by atoms with Crippen LogP contribution in [0.3, 0.4) is 0 Å². The van der Waals surface area contributed by atoms with E-state index >= 15 is 0 Å². The van der Waals surface area contributed by atoms with Crippen LogP contribution in [0.15, 0.2) is 71.3 Å². The smallest absolute Gasteiger partial charge is 0.417 e. The molecule has 4 rings (SSSR count). The molecule has 0 aliphatic carbocycles. The molecule has 9 heteroatoms. The van der Waals surface area contributed by atoms with Gasteiger partial charge in [0.05, 0.1) is 11.6 Å². The maximum absolute atomic E-state index is 13.5. The Morgan fingerprint density at radius 2 is 1.61 bits per heavy atom. The van der Waals surface area contributed by atoms with Gasteiger partial charge in [-0.3, -0.25) is 0 Å². The quantitative estimate of drug-likeness (QED) is 0.287. The molecule has 1 amide bonds. The SMILES string of the molecule is Cc1cc(-c2nc(-c3ccc([C@H](C)NC(=O)OC(C)(C)C)cc3)no2)ccc1-c1ccccc1C(F)(F)F. The van der Waals surface area contributed by atoms with Crippen molar-refractivity contribution in [3.8, 4) is 34.0 Å². The van der Waals surface area contributed by atoms with Gasteiger partial charge in [0.2, 0.25) is 5.82 Å². The summed E-state index contributed by atoms with van der Waals surface area (Å²) in [6.45, 7) is 8.99. The zero-order valence-electron chi connectivity index (χ0n) is 21.7. The van der Waals surface area contributed by atoms with Gasteiger partial charge < -0.3 is 14.6 Å². The topological polar surface area (TPSA) is 77.2 Å². The number of carbonyl (C=O) groups excluding carboxylic acids is 1. The molecule has 1 atom stereocenters. The van der Waals surface area contributed by atoms with Gasteiger partial charge in [0, 0.05) is 11.1 Å². The van der Waals surface area contributed by atoms with Crippen LogP contribution >= 0.6 is 0 Å². The minimum atomic E-state index is -4.46. The molecule has 1 heterocycles. The van der Waals surface area contributed by atoms with Gasteiger partial charge in [-0.05, 0) is 75.1 Å². The Morgan fingerprint density at radius 1 is 0.947 bits per heavy atom. The molecule has 0 radical (unpaired) electrons. The summed E-state index contributed by atoms with van der Waals surface area (Å²) >= 11 is 0. The lowest BCUT2D eigenvalue weighted by Gasteiger charge is -2.22. The van der Waals surface area contributed by atoms with Gasteiger partial charge >= 0.3 is 12.3 Å². The van der Waals surface area contributed by atoms with Crippen LogP contribution in [0.25, 0.3) is 34.0 Å². The first-order valence-corrected chi connectivity index (χ1v) is 12.0. The molecule has 3 aromatic carbocycles. The molecule has 0 bridgehead atoms. The van der Waals surface area contributed by atoms with Crippen molar-refractivity contribution in [2.75, 3.05) is 0 Å². The third-order valence-electron chi connectivity index (χ3n) is 5.82. The summed E-state index contributed by atoms with van der Waals surface area (Å²) in [5, 5.41) is 6.86. The Kier molecular flexibility index (Phi) is 7.31. The standard InChI is InChI=1S/C29H28F3N3O3/c1-17-16-21(14-15-22(17)23-8-6-7-9-24(23)29(30,31)32)26-34-25(35-38-26)20-12-10-19(11-13-20)18(2)33-27(36)37-28(3,4)5/h6-16,18H,1-5H3,(H,33,36)/t18-/m0/s1. The van der Waals surface area contributed by atoms with E-state index in [1.807, 2.05) is 31.2 Å². The Hall–Kier alpha value is -4.14. The number of nitrogens with zero attached hydrogens (tertiary/aromatic N) is 2. The first-order valence-electron chi connectivity index (χ1n) is 12.0. The summed E-state index contributed by atoms with van der Waals surface area (Å²) in [4.78, 5) is 16.5. The van der Waals surface area contributed by atoms with Crippen molar-refractivity contribution < 1.29 is 27.2 Å². The van der Waals surface area contributed by atoms with Gasteiger partial charge in [-0.1, -0.05) is 53.7 Å². The normalized spacial score (nSPS) is 12.7. The highest BCUT2D eigenvalue weighted by molar-refractivity contribution is 5.74. The Labute approximate surface area is 218 Å². The highest BCUT2D eigenvalue weighted by Gasteiger charge is 2.33. The van der Waals surface area contributed by atoms with Crippen molar-refractivity contribution in [2.24, 2.45) is 0 Å². The van der Waals surface area contributed by atoms with Gasteiger partial charge in [0.1, 0.15) is 5.60 Å². The fraction of sp³-hybridized carbons (Fsp3) is 0.276. The van der Waals surface area contributed by atoms with E-state index in [1.165, 1.54) is 12.1 Å². The molecule has 38 heavy (non-hydrogen) atoms. The van der Waals surface area contributed by atoms with E-state index in [9.17, 15) is 18.0 Å². The number of alkyl carbamates (subject to hydrolysis) is 1. The average molecular weight is 524 g/mol. The summed E-state index contributed by atoms with van der Waals surface area (Å²) in [5.74, 6) is 0.617. The predicted octanol–water partition coefficient (Wildman–Crippen LogP) is 7.98. The minimum Gasteiger partial charge on any atom is -0.444 e. The van der Waals surface area contributed by atoms with Crippen molar-refractivity contribution in [2.45, 2.75) is 52.4 Å². The second-order valence-electron chi connectivity index (χ2n) is 9.99. The second kappa shape index (κ2) is 10.3. The van der Waals surface area contributed by atoms with Crippen molar-refractivity contribution >= 4 is 6.09 Å². The molecular weight excluding hydrogens is 495 g/mol. The van der Waals surface area contributed by atoms with E-state index in [1.54, 1.807) is 52.0 Å². The average Bonchev–Trinajstić information content (AvgIpc) is 3.33. The number of hydrogen-bond donors (Lipinski definition) is 1.